The van der Waals surface area contributed by atoms with Gasteiger partial charge in [0.25, 0.3) is 5.91 Å². The van der Waals surface area contributed by atoms with Gasteiger partial charge >= 0.3 is 0 Å². The third kappa shape index (κ3) is 2.97. The number of anilines is 2. The van der Waals surface area contributed by atoms with Gasteiger partial charge in [0, 0.05) is 6.20 Å². The van der Waals surface area contributed by atoms with Gasteiger partial charge < -0.3 is 11.1 Å². The van der Waals surface area contributed by atoms with Crippen LogP contribution in [-0.4, -0.2) is 10.9 Å². The fourth-order valence-corrected chi connectivity index (χ4v) is 2.06. The van der Waals surface area contributed by atoms with Crippen molar-refractivity contribution in [2.45, 2.75) is 6.92 Å². The molecule has 2 aromatic rings. The normalized spacial score (nSPS) is 10.3. The Morgan fingerprint density at radius 2 is 2.05 bits per heavy atom. The Hall–Kier alpha value is -1.78. The van der Waals surface area contributed by atoms with Crippen LogP contribution in [0.4, 0.5) is 11.5 Å². The Kier molecular flexibility index (Phi) is 3.93. The minimum absolute atomic E-state index is 0.227. The van der Waals surface area contributed by atoms with Gasteiger partial charge in [-0.15, -0.1) is 0 Å². The SMILES string of the molecule is Cc1cccc(Cl)c1NC(=O)c1cc(N)ncc1Cl. The van der Waals surface area contributed by atoms with Crippen LogP contribution in [0.1, 0.15) is 15.9 Å². The number of carbonyl (C=O) groups is 1. The molecule has 98 valence electrons. The molecule has 0 aliphatic rings. The number of hydrogen-bond acceptors (Lipinski definition) is 3. The largest absolute Gasteiger partial charge is 0.384 e. The van der Waals surface area contributed by atoms with Gasteiger partial charge in [-0.3, -0.25) is 4.79 Å². The third-order valence-electron chi connectivity index (χ3n) is 2.58. The monoisotopic (exact) mass is 295 g/mol. The molecule has 0 fully saturated rings. The quantitative estimate of drug-likeness (QED) is 0.890. The lowest BCUT2D eigenvalue weighted by Crippen LogP contribution is -2.14. The molecule has 0 unspecified atom stereocenters. The first-order chi connectivity index (χ1) is 8.99. The molecular weight excluding hydrogens is 285 g/mol. The highest BCUT2D eigenvalue weighted by Crippen LogP contribution is 2.26. The van der Waals surface area contributed by atoms with Gasteiger partial charge in [-0.2, -0.15) is 0 Å². The first-order valence-electron chi connectivity index (χ1n) is 5.46. The number of nitrogens with zero attached hydrogens (tertiary/aromatic N) is 1. The number of aromatic nitrogens is 1. The number of hydrogen-bond donors (Lipinski definition) is 2. The van der Waals surface area contributed by atoms with E-state index in [1.807, 2.05) is 19.1 Å². The van der Waals surface area contributed by atoms with E-state index in [-0.39, 0.29) is 22.3 Å². The summed E-state index contributed by atoms with van der Waals surface area (Å²) in [4.78, 5) is 16.0. The molecule has 0 atom stereocenters. The Balaban J connectivity index is 2.34. The number of benzene rings is 1. The summed E-state index contributed by atoms with van der Waals surface area (Å²) < 4.78 is 0. The average molecular weight is 296 g/mol. The summed E-state index contributed by atoms with van der Waals surface area (Å²) in [6, 6.07) is 6.78. The first kappa shape index (κ1) is 13.6. The molecule has 6 heteroatoms. The molecule has 1 heterocycles. The predicted octanol–water partition coefficient (Wildman–Crippen LogP) is 3.53. The van der Waals surface area contributed by atoms with Crippen molar-refractivity contribution < 1.29 is 4.79 Å². The third-order valence-corrected chi connectivity index (χ3v) is 3.20. The Bertz CT molecular complexity index is 624. The molecule has 0 saturated heterocycles. The van der Waals surface area contributed by atoms with E-state index < -0.39 is 0 Å². The number of amides is 1. The van der Waals surface area contributed by atoms with Crippen LogP contribution >= 0.6 is 23.2 Å². The van der Waals surface area contributed by atoms with Gasteiger partial charge in [0.1, 0.15) is 5.82 Å². The second-order valence-electron chi connectivity index (χ2n) is 3.97. The average Bonchev–Trinajstić information content (AvgIpc) is 2.37. The van der Waals surface area contributed by atoms with Gasteiger partial charge in [-0.05, 0) is 24.6 Å². The van der Waals surface area contributed by atoms with Crippen molar-refractivity contribution in [2.24, 2.45) is 0 Å². The predicted molar refractivity (Wildman–Crippen MR) is 77.8 cm³/mol. The highest BCUT2D eigenvalue weighted by Gasteiger charge is 2.14. The lowest BCUT2D eigenvalue weighted by Gasteiger charge is -2.11. The van der Waals surface area contributed by atoms with E-state index in [2.05, 4.69) is 10.3 Å². The van der Waals surface area contributed by atoms with Crippen LogP contribution in [0.15, 0.2) is 30.5 Å². The summed E-state index contributed by atoms with van der Waals surface area (Å²) in [5.74, 6) is -0.152. The van der Waals surface area contributed by atoms with E-state index in [9.17, 15) is 4.79 Å². The molecule has 0 aliphatic carbocycles. The minimum atomic E-state index is -0.379. The standard InChI is InChI=1S/C13H11Cl2N3O/c1-7-3-2-4-9(14)12(7)18-13(19)8-5-11(16)17-6-10(8)15/h2-6H,1H3,(H2,16,17)(H,18,19). The lowest BCUT2D eigenvalue weighted by atomic mass is 10.2. The molecule has 4 nitrogen and oxygen atoms in total. The Morgan fingerprint density at radius 1 is 1.32 bits per heavy atom. The summed E-state index contributed by atoms with van der Waals surface area (Å²) in [5, 5.41) is 3.42. The maximum absolute atomic E-state index is 12.2. The van der Waals surface area contributed by atoms with Gasteiger partial charge in [0.2, 0.25) is 0 Å². The van der Waals surface area contributed by atoms with Crippen LogP contribution in [0.3, 0.4) is 0 Å². The van der Waals surface area contributed by atoms with E-state index in [4.69, 9.17) is 28.9 Å². The lowest BCUT2D eigenvalue weighted by molar-refractivity contribution is 0.102. The maximum Gasteiger partial charge on any atom is 0.257 e. The number of aryl methyl sites for hydroxylation is 1. The molecular formula is C13H11Cl2N3O. The number of pyridine rings is 1. The van der Waals surface area contributed by atoms with Crippen molar-refractivity contribution in [3.63, 3.8) is 0 Å². The molecule has 0 aliphatic heterocycles. The molecule has 2 rings (SSSR count). The molecule has 1 amide bonds. The molecule has 0 bridgehead atoms. The molecule has 1 aromatic carbocycles. The fraction of sp³-hybridized carbons (Fsp3) is 0.0769. The summed E-state index contributed by atoms with van der Waals surface area (Å²) in [6.07, 6.45) is 1.34. The highest BCUT2D eigenvalue weighted by molar-refractivity contribution is 6.36. The number of nitrogens with two attached hydrogens (primary N) is 1. The topological polar surface area (TPSA) is 68.0 Å². The van der Waals surface area contributed by atoms with E-state index in [1.54, 1.807) is 6.07 Å². The van der Waals surface area contributed by atoms with Crippen LogP contribution in [0.25, 0.3) is 0 Å². The summed E-state index contributed by atoms with van der Waals surface area (Å²) in [6.45, 7) is 1.85. The van der Waals surface area contributed by atoms with E-state index in [1.165, 1.54) is 12.3 Å². The Labute approximate surface area is 120 Å². The van der Waals surface area contributed by atoms with Crippen LogP contribution in [0.5, 0.6) is 0 Å². The summed E-state index contributed by atoms with van der Waals surface area (Å²) in [7, 11) is 0. The van der Waals surface area contributed by atoms with Crippen molar-refractivity contribution in [1.29, 1.82) is 0 Å². The number of carbonyl (C=O) groups excluding carboxylic acids is 1. The molecule has 0 spiro atoms. The van der Waals surface area contributed by atoms with E-state index in [0.29, 0.717) is 10.7 Å². The highest BCUT2D eigenvalue weighted by atomic mass is 35.5. The molecule has 19 heavy (non-hydrogen) atoms. The molecule has 0 saturated carbocycles. The summed E-state index contributed by atoms with van der Waals surface area (Å²) in [5.41, 5.74) is 7.22. The van der Waals surface area contributed by atoms with Crippen LogP contribution < -0.4 is 11.1 Å². The summed E-state index contributed by atoms with van der Waals surface area (Å²) >= 11 is 12.0. The first-order valence-corrected chi connectivity index (χ1v) is 6.22. The second-order valence-corrected chi connectivity index (χ2v) is 4.79. The number of para-hydroxylation sites is 1. The number of halogens is 2. The van der Waals surface area contributed by atoms with Crippen LogP contribution in [0.2, 0.25) is 10.0 Å². The zero-order valence-electron chi connectivity index (χ0n) is 10.1. The van der Waals surface area contributed by atoms with Crippen molar-refractivity contribution in [1.82, 2.24) is 4.98 Å². The van der Waals surface area contributed by atoms with Crippen molar-refractivity contribution in [2.75, 3.05) is 11.1 Å². The van der Waals surface area contributed by atoms with Gasteiger partial charge in [-0.25, -0.2) is 4.98 Å². The van der Waals surface area contributed by atoms with Crippen LogP contribution in [-0.2, 0) is 0 Å². The van der Waals surface area contributed by atoms with Crippen molar-refractivity contribution in [3.05, 3.63) is 51.6 Å². The maximum atomic E-state index is 12.2. The minimum Gasteiger partial charge on any atom is -0.384 e. The van der Waals surface area contributed by atoms with Gasteiger partial charge in [-0.1, -0.05) is 35.3 Å². The van der Waals surface area contributed by atoms with Gasteiger partial charge in [0.15, 0.2) is 0 Å². The molecule has 0 radical (unpaired) electrons. The second kappa shape index (κ2) is 5.47. The smallest absolute Gasteiger partial charge is 0.257 e. The van der Waals surface area contributed by atoms with Gasteiger partial charge in [0.05, 0.1) is 21.3 Å². The number of nitrogen functional groups attached to an aromatic ring is 1. The fourth-order valence-electron chi connectivity index (χ4n) is 1.60. The zero-order valence-corrected chi connectivity index (χ0v) is 11.6. The van der Waals surface area contributed by atoms with Crippen molar-refractivity contribution in [3.8, 4) is 0 Å². The molecule has 3 N–H and O–H groups in total. The zero-order chi connectivity index (χ0) is 14.0. The van der Waals surface area contributed by atoms with Crippen LogP contribution in [0, 0.1) is 6.92 Å². The number of rotatable bonds is 2. The van der Waals surface area contributed by atoms with E-state index in [0.717, 1.165) is 5.56 Å². The van der Waals surface area contributed by atoms with Crippen molar-refractivity contribution >= 4 is 40.6 Å². The van der Waals surface area contributed by atoms with E-state index >= 15 is 0 Å². The number of nitrogens with one attached hydrogen (secondary N) is 1. The molecule has 1 aromatic heterocycles. The Morgan fingerprint density at radius 3 is 2.74 bits per heavy atom.